The number of hydrogen-bond donors (Lipinski definition) is 4. The maximum atomic E-state index is 10.5. The van der Waals surface area contributed by atoms with E-state index in [4.69, 9.17) is 28.6 Å². The number of nitrogens with zero attached hydrogens (tertiary/aromatic N) is 2. The van der Waals surface area contributed by atoms with Crippen molar-refractivity contribution < 1.29 is 25.2 Å². The fraction of sp³-hybridized carbons (Fsp3) is 0.400. The Hall–Kier alpha value is -1.83. The minimum absolute atomic E-state index is 0.126. The Balaban J connectivity index is 2.19. The van der Waals surface area contributed by atoms with Gasteiger partial charge >= 0.3 is 0 Å². The summed E-state index contributed by atoms with van der Waals surface area (Å²) in [7, 11) is 0. The van der Waals surface area contributed by atoms with Crippen molar-refractivity contribution in [3.05, 3.63) is 51.3 Å². The number of rotatable bonds is 4. The minimum atomic E-state index is -1.54. The topological polar surface area (TPSA) is 119 Å². The van der Waals surface area contributed by atoms with Crippen LogP contribution in [0.4, 0.5) is 0 Å². The molecule has 1 fully saturated rings. The summed E-state index contributed by atoms with van der Waals surface area (Å²) in [4.78, 5) is 0. The first-order valence-electron chi connectivity index (χ1n) is 9.09. The predicted octanol–water partition coefficient (Wildman–Crippen LogP) is 1.94. The van der Waals surface area contributed by atoms with Crippen LogP contribution in [-0.2, 0) is 11.2 Å². The van der Waals surface area contributed by atoms with Crippen LogP contribution in [0.3, 0.4) is 0 Å². The summed E-state index contributed by atoms with van der Waals surface area (Å²) in [5.41, 5.74) is 2.24. The van der Waals surface area contributed by atoms with E-state index in [-0.39, 0.29) is 10.2 Å². The number of nitriles is 1. The molecule has 3 rings (SSSR count). The van der Waals surface area contributed by atoms with Gasteiger partial charge in [0.25, 0.3) is 0 Å². The van der Waals surface area contributed by atoms with Gasteiger partial charge in [-0.1, -0.05) is 42.9 Å². The Kier molecular flexibility index (Phi) is 6.71. The average molecular weight is 437 g/mol. The fourth-order valence-corrected chi connectivity index (χ4v) is 3.99. The molecule has 0 unspecified atom stereocenters. The molecule has 1 aromatic carbocycles. The van der Waals surface area contributed by atoms with Crippen molar-refractivity contribution in [2.45, 2.75) is 44.0 Å². The maximum absolute atomic E-state index is 10.5. The lowest BCUT2D eigenvalue weighted by atomic mass is 9.96. The first-order chi connectivity index (χ1) is 13.8. The van der Waals surface area contributed by atoms with E-state index in [1.54, 1.807) is 30.3 Å². The van der Waals surface area contributed by atoms with E-state index in [0.717, 1.165) is 5.56 Å². The van der Waals surface area contributed by atoms with Gasteiger partial charge in [-0.05, 0) is 30.2 Å². The van der Waals surface area contributed by atoms with Gasteiger partial charge < -0.3 is 29.7 Å². The Morgan fingerprint density at radius 1 is 1.17 bits per heavy atom. The molecule has 1 aromatic heterocycles. The van der Waals surface area contributed by atoms with E-state index in [0.29, 0.717) is 22.7 Å². The summed E-state index contributed by atoms with van der Waals surface area (Å²) in [5.74, 6) is 0. The molecule has 1 aliphatic heterocycles. The Bertz CT molecular complexity index is 986. The molecule has 9 heteroatoms. The number of aliphatic hydroxyl groups is 4. The molecule has 0 radical (unpaired) electrons. The predicted molar refractivity (Wildman–Crippen MR) is 109 cm³/mol. The Morgan fingerprint density at radius 2 is 1.83 bits per heavy atom. The molecule has 2 aromatic rings. The molecule has 0 bridgehead atoms. The molecule has 154 valence electrons. The van der Waals surface area contributed by atoms with Crippen LogP contribution < -0.4 is 0 Å². The fourth-order valence-electron chi connectivity index (χ4n) is 3.49. The zero-order valence-electron chi connectivity index (χ0n) is 15.6. The van der Waals surface area contributed by atoms with Gasteiger partial charge in [0.05, 0.1) is 12.2 Å². The lowest BCUT2D eigenvalue weighted by Gasteiger charge is -2.41. The van der Waals surface area contributed by atoms with Crippen molar-refractivity contribution in [3.8, 4) is 17.2 Å². The van der Waals surface area contributed by atoms with Gasteiger partial charge in [0.1, 0.15) is 35.1 Å². The second-order valence-electron chi connectivity index (χ2n) is 6.79. The zero-order valence-corrected chi connectivity index (χ0v) is 17.1. The highest BCUT2D eigenvalue weighted by Crippen LogP contribution is 2.34. The van der Waals surface area contributed by atoms with E-state index in [9.17, 15) is 25.7 Å². The smallest absolute Gasteiger partial charge is 0.164 e. The van der Waals surface area contributed by atoms with E-state index in [2.05, 4.69) is 6.07 Å². The number of hydrogen-bond acceptors (Lipinski definition) is 7. The molecule has 1 aliphatic rings. The number of benzene rings is 1. The molecule has 2 heterocycles. The second-order valence-corrected chi connectivity index (χ2v) is 7.61. The van der Waals surface area contributed by atoms with E-state index in [1.165, 1.54) is 4.57 Å². The lowest BCUT2D eigenvalue weighted by molar-refractivity contribution is -0.252. The molecule has 7 nitrogen and oxygen atoms in total. The van der Waals surface area contributed by atoms with Crippen LogP contribution in [0, 0.1) is 16.0 Å². The van der Waals surface area contributed by atoms with Gasteiger partial charge in [0.2, 0.25) is 0 Å². The zero-order chi connectivity index (χ0) is 21.3. The van der Waals surface area contributed by atoms with Gasteiger partial charge in [0, 0.05) is 16.3 Å². The quantitative estimate of drug-likeness (QED) is 0.541. The molecule has 0 amide bonds. The summed E-state index contributed by atoms with van der Waals surface area (Å²) in [6.45, 7) is 1.33. The third-order valence-electron chi connectivity index (χ3n) is 5.07. The number of pyridine rings is 1. The van der Waals surface area contributed by atoms with Crippen molar-refractivity contribution in [1.82, 2.24) is 4.57 Å². The van der Waals surface area contributed by atoms with Crippen molar-refractivity contribution in [1.29, 1.82) is 5.26 Å². The normalized spacial score (nSPS) is 26.9. The van der Waals surface area contributed by atoms with Crippen LogP contribution in [0.2, 0.25) is 5.02 Å². The van der Waals surface area contributed by atoms with Gasteiger partial charge in [-0.15, -0.1) is 0 Å². The molecule has 0 spiro atoms. The summed E-state index contributed by atoms with van der Waals surface area (Å²) in [6.07, 6.45) is -6.28. The van der Waals surface area contributed by atoms with Crippen LogP contribution in [-0.4, -0.2) is 56.0 Å². The number of halogens is 1. The van der Waals surface area contributed by atoms with E-state index < -0.39 is 37.3 Å². The third kappa shape index (κ3) is 3.96. The van der Waals surface area contributed by atoms with E-state index >= 15 is 0 Å². The number of ether oxygens (including phenoxy) is 1. The minimum Gasteiger partial charge on any atom is -0.394 e. The van der Waals surface area contributed by atoms with Crippen LogP contribution in [0.5, 0.6) is 0 Å². The second kappa shape index (κ2) is 8.90. The van der Waals surface area contributed by atoms with Gasteiger partial charge in [-0.25, -0.2) is 0 Å². The highest BCUT2D eigenvalue weighted by atomic mass is 35.5. The molecule has 0 aliphatic carbocycles. The van der Waals surface area contributed by atoms with Crippen molar-refractivity contribution in [3.63, 3.8) is 0 Å². The summed E-state index contributed by atoms with van der Waals surface area (Å²) in [6, 6.07) is 10.9. The third-order valence-corrected chi connectivity index (χ3v) is 5.73. The number of aliphatic hydroxyl groups excluding tert-OH is 4. The average Bonchev–Trinajstić information content (AvgIpc) is 2.72. The molecule has 1 saturated heterocycles. The van der Waals surface area contributed by atoms with Crippen LogP contribution >= 0.6 is 23.8 Å². The van der Waals surface area contributed by atoms with Gasteiger partial charge in [-0.2, -0.15) is 5.26 Å². The summed E-state index contributed by atoms with van der Waals surface area (Å²) in [5, 5.41) is 50.5. The lowest BCUT2D eigenvalue weighted by Crippen LogP contribution is -2.56. The van der Waals surface area contributed by atoms with Crippen molar-refractivity contribution in [2.24, 2.45) is 0 Å². The molecule has 29 heavy (non-hydrogen) atoms. The van der Waals surface area contributed by atoms with Gasteiger partial charge in [0.15, 0.2) is 6.23 Å². The molecule has 5 atom stereocenters. The van der Waals surface area contributed by atoms with Crippen LogP contribution in [0.1, 0.15) is 24.4 Å². The Labute approximate surface area is 178 Å². The Morgan fingerprint density at radius 3 is 2.38 bits per heavy atom. The van der Waals surface area contributed by atoms with Crippen LogP contribution in [0.15, 0.2) is 30.3 Å². The summed E-state index contributed by atoms with van der Waals surface area (Å²) >= 11 is 11.5. The maximum Gasteiger partial charge on any atom is 0.164 e. The first kappa shape index (κ1) is 21.9. The highest BCUT2D eigenvalue weighted by Gasteiger charge is 2.44. The molecule has 4 N–H and O–H groups in total. The molecule has 0 saturated carbocycles. The monoisotopic (exact) mass is 436 g/mol. The first-order valence-corrected chi connectivity index (χ1v) is 9.87. The number of aromatic nitrogens is 1. The molecular formula is C20H21ClN2O5S. The van der Waals surface area contributed by atoms with E-state index in [1.807, 2.05) is 6.92 Å². The van der Waals surface area contributed by atoms with Crippen molar-refractivity contribution >= 4 is 23.8 Å². The molecular weight excluding hydrogens is 416 g/mol. The number of aryl methyl sites for hydroxylation is 1. The SMILES string of the molecule is CCc1cc(-c2ccc(Cl)cc2)c(C#N)c(=S)n1[C@@H]1O[C@H](CO)[C@H](O)[C@H](O)[C@H]1O. The van der Waals surface area contributed by atoms with Crippen molar-refractivity contribution in [2.75, 3.05) is 6.61 Å². The standard InChI is InChI=1S/C20H21ClN2O5S/c1-2-12-7-13(10-3-5-11(21)6-4-10)14(8-22)20(29)23(12)19-18(27)17(26)16(25)15(9-24)28-19/h3-7,15-19,24-27H,2,9H2,1H3/t15-,16+,17+,18-,19-/m1/s1. The van der Waals surface area contributed by atoms with Gasteiger partial charge in [-0.3, -0.25) is 0 Å². The summed E-state index contributed by atoms with van der Waals surface area (Å²) < 4.78 is 7.25. The highest BCUT2D eigenvalue weighted by molar-refractivity contribution is 7.71. The largest absolute Gasteiger partial charge is 0.394 e. The van der Waals surface area contributed by atoms with Crippen LogP contribution in [0.25, 0.3) is 11.1 Å².